The SMILES string of the molecule is O=C(NCc1ccc(N2CCCC2)nc1)c1cc2c(F)cccc2s1. The monoisotopic (exact) mass is 355 g/mol. The molecule has 0 radical (unpaired) electrons. The molecule has 4 rings (SSSR count). The third kappa shape index (κ3) is 3.35. The molecule has 6 heteroatoms. The van der Waals surface area contributed by atoms with Gasteiger partial charge in [-0.3, -0.25) is 4.79 Å². The molecule has 3 heterocycles. The highest BCUT2D eigenvalue weighted by Crippen LogP contribution is 2.27. The molecular formula is C19H18FN3OS. The summed E-state index contributed by atoms with van der Waals surface area (Å²) in [6.45, 7) is 2.53. The number of aromatic nitrogens is 1. The van der Waals surface area contributed by atoms with E-state index in [9.17, 15) is 9.18 Å². The van der Waals surface area contributed by atoms with Crippen LogP contribution in [0.15, 0.2) is 42.6 Å². The first-order valence-electron chi connectivity index (χ1n) is 8.37. The summed E-state index contributed by atoms with van der Waals surface area (Å²) < 4.78 is 14.5. The second kappa shape index (κ2) is 6.80. The van der Waals surface area contributed by atoms with Crippen molar-refractivity contribution < 1.29 is 9.18 Å². The fraction of sp³-hybridized carbons (Fsp3) is 0.263. The Balaban J connectivity index is 1.41. The topological polar surface area (TPSA) is 45.2 Å². The number of carbonyl (C=O) groups excluding carboxylic acids is 1. The van der Waals surface area contributed by atoms with Crippen LogP contribution in [0, 0.1) is 5.82 Å². The summed E-state index contributed by atoms with van der Waals surface area (Å²) in [6, 6.07) is 10.5. The van der Waals surface area contributed by atoms with Crippen LogP contribution in [0.25, 0.3) is 10.1 Å². The molecule has 3 aromatic rings. The van der Waals surface area contributed by atoms with E-state index in [0.29, 0.717) is 16.8 Å². The van der Waals surface area contributed by atoms with Gasteiger partial charge in [-0.25, -0.2) is 9.37 Å². The smallest absolute Gasteiger partial charge is 0.261 e. The zero-order valence-electron chi connectivity index (χ0n) is 13.7. The molecule has 1 amide bonds. The van der Waals surface area contributed by atoms with Crippen LogP contribution in [0.5, 0.6) is 0 Å². The fourth-order valence-electron chi connectivity index (χ4n) is 3.06. The Labute approximate surface area is 149 Å². The molecule has 0 atom stereocenters. The van der Waals surface area contributed by atoms with Crippen molar-refractivity contribution in [3.8, 4) is 0 Å². The molecule has 0 bridgehead atoms. The van der Waals surface area contributed by atoms with Gasteiger partial charge in [0.25, 0.3) is 5.91 Å². The molecule has 0 unspecified atom stereocenters. The van der Waals surface area contributed by atoms with Gasteiger partial charge in [0.15, 0.2) is 0 Å². The molecule has 1 aliphatic heterocycles. The molecular weight excluding hydrogens is 337 g/mol. The van der Waals surface area contributed by atoms with Crippen LogP contribution in [0.1, 0.15) is 28.1 Å². The maximum absolute atomic E-state index is 13.7. The minimum absolute atomic E-state index is 0.191. The molecule has 1 N–H and O–H groups in total. The first-order chi connectivity index (χ1) is 12.2. The van der Waals surface area contributed by atoms with E-state index in [1.165, 1.54) is 30.2 Å². The molecule has 2 aromatic heterocycles. The number of benzene rings is 1. The maximum Gasteiger partial charge on any atom is 0.261 e. The normalized spacial score (nSPS) is 14.2. The lowest BCUT2D eigenvalue weighted by Gasteiger charge is -2.16. The van der Waals surface area contributed by atoms with Crippen molar-refractivity contribution in [1.29, 1.82) is 0 Å². The summed E-state index contributed by atoms with van der Waals surface area (Å²) in [4.78, 5) is 19.6. The highest BCUT2D eigenvalue weighted by Gasteiger charge is 2.14. The number of hydrogen-bond acceptors (Lipinski definition) is 4. The van der Waals surface area contributed by atoms with Crippen LogP contribution >= 0.6 is 11.3 Å². The summed E-state index contributed by atoms with van der Waals surface area (Å²) in [6.07, 6.45) is 4.24. The van der Waals surface area contributed by atoms with Gasteiger partial charge < -0.3 is 10.2 Å². The number of pyridine rings is 1. The van der Waals surface area contributed by atoms with E-state index in [-0.39, 0.29) is 11.7 Å². The maximum atomic E-state index is 13.7. The first-order valence-corrected chi connectivity index (χ1v) is 9.18. The number of rotatable bonds is 4. The number of fused-ring (bicyclic) bond motifs is 1. The number of carbonyl (C=O) groups is 1. The zero-order valence-corrected chi connectivity index (χ0v) is 14.5. The van der Waals surface area contributed by atoms with Crippen molar-refractivity contribution >= 4 is 33.1 Å². The Hall–Kier alpha value is -2.47. The van der Waals surface area contributed by atoms with Crippen molar-refractivity contribution in [3.05, 3.63) is 58.9 Å². The largest absolute Gasteiger partial charge is 0.357 e. The number of halogens is 1. The van der Waals surface area contributed by atoms with E-state index in [1.54, 1.807) is 18.3 Å². The predicted molar refractivity (Wildman–Crippen MR) is 98.6 cm³/mol. The van der Waals surface area contributed by atoms with E-state index in [0.717, 1.165) is 29.2 Å². The average molecular weight is 355 g/mol. The Bertz CT molecular complexity index is 901. The zero-order chi connectivity index (χ0) is 17.2. The highest BCUT2D eigenvalue weighted by molar-refractivity contribution is 7.20. The van der Waals surface area contributed by atoms with Gasteiger partial charge in [-0.15, -0.1) is 11.3 Å². The van der Waals surface area contributed by atoms with Crippen molar-refractivity contribution in [1.82, 2.24) is 10.3 Å². The third-order valence-electron chi connectivity index (χ3n) is 4.42. The number of thiophene rings is 1. The van der Waals surface area contributed by atoms with Crippen molar-refractivity contribution in [3.63, 3.8) is 0 Å². The van der Waals surface area contributed by atoms with E-state index in [4.69, 9.17) is 0 Å². The summed E-state index contributed by atoms with van der Waals surface area (Å²) in [5.41, 5.74) is 0.948. The molecule has 25 heavy (non-hydrogen) atoms. The Morgan fingerprint density at radius 2 is 2.08 bits per heavy atom. The quantitative estimate of drug-likeness (QED) is 0.770. The lowest BCUT2D eigenvalue weighted by atomic mass is 10.2. The highest BCUT2D eigenvalue weighted by atomic mass is 32.1. The number of hydrogen-bond donors (Lipinski definition) is 1. The molecule has 0 aliphatic carbocycles. The van der Waals surface area contributed by atoms with Gasteiger partial charge in [0.05, 0.1) is 4.88 Å². The Kier molecular flexibility index (Phi) is 4.36. The fourth-order valence-corrected chi connectivity index (χ4v) is 4.05. The molecule has 1 aliphatic rings. The minimum Gasteiger partial charge on any atom is -0.357 e. The molecule has 1 aromatic carbocycles. The van der Waals surface area contributed by atoms with Crippen LogP contribution in [-0.2, 0) is 6.54 Å². The first kappa shape index (κ1) is 16.0. The number of amides is 1. The Morgan fingerprint density at radius 3 is 2.80 bits per heavy atom. The van der Waals surface area contributed by atoms with Crippen LogP contribution in [0.3, 0.4) is 0 Å². The van der Waals surface area contributed by atoms with Gasteiger partial charge in [0.2, 0.25) is 0 Å². The second-order valence-electron chi connectivity index (χ2n) is 6.16. The summed E-state index contributed by atoms with van der Waals surface area (Å²) in [7, 11) is 0. The van der Waals surface area contributed by atoms with E-state index >= 15 is 0 Å². The third-order valence-corrected chi connectivity index (χ3v) is 5.52. The number of nitrogens with zero attached hydrogens (tertiary/aromatic N) is 2. The number of anilines is 1. The molecule has 128 valence electrons. The van der Waals surface area contributed by atoms with Gasteiger partial charge in [-0.2, -0.15) is 0 Å². The Morgan fingerprint density at radius 1 is 1.24 bits per heavy atom. The molecule has 1 saturated heterocycles. The summed E-state index contributed by atoms with van der Waals surface area (Å²) in [5, 5.41) is 3.37. The van der Waals surface area contributed by atoms with Crippen molar-refractivity contribution in [2.24, 2.45) is 0 Å². The van der Waals surface area contributed by atoms with E-state index < -0.39 is 0 Å². The van der Waals surface area contributed by atoms with Crippen LogP contribution in [0.2, 0.25) is 0 Å². The van der Waals surface area contributed by atoms with Crippen molar-refractivity contribution in [2.75, 3.05) is 18.0 Å². The predicted octanol–water partition coefficient (Wildman–Crippen LogP) is 3.97. The minimum atomic E-state index is -0.297. The molecule has 0 spiro atoms. The van der Waals surface area contributed by atoms with Gasteiger partial charge in [-0.05, 0) is 42.7 Å². The standard InChI is InChI=1S/C19H18FN3OS/c20-15-4-3-5-16-14(15)10-17(25-16)19(24)22-12-13-6-7-18(21-11-13)23-8-1-2-9-23/h3-7,10-11H,1-2,8-9,12H2,(H,22,24). The molecule has 0 saturated carbocycles. The van der Waals surface area contributed by atoms with E-state index in [2.05, 4.69) is 15.2 Å². The second-order valence-corrected chi connectivity index (χ2v) is 7.25. The van der Waals surface area contributed by atoms with Gasteiger partial charge >= 0.3 is 0 Å². The van der Waals surface area contributed by atoms with Crippen molar-refractivity contribution in [2.45, 2.75) is 19.4 Å². The van der Waals surface area contributed by atoms with Gasteiger partial charge in [0.1, 0.15) is 11.6 Å². The average Bonchev–Trinajstić information content (AvgIpc) is 3.30. The van der Waals surface area contributed by atoms with E-state index in [1.807, 2.05) is 18.2 Å². The number of nitrogens with one attached hydrogen (secondary N) is 1. The van der Waals surface area contributed by atoms with Crippen LogP contribution in [-0.4, -0.2) is 24.0 Å². The lowest BCUT2D eigenvalue weighted by Crippen LogP contribution is -2.22. The summed E-state index contributed by atoms with van der Waals surface area (Å²) in [5.74, 6) is 0.506. The lowest BCUT2D eigenvalue weighted by molar-refractivity contribution is 0.0955. The van der Waals surface area contributed by atoms with Crippen LogP contribution < -0.4 is 10.2 Å². The van der Waals surface area contributed by atoms with Crippen LogP contribution in [0.4, 0.5) is 10.2 Å². The van der Waals surface area contributed by atoms with Gasteiger partial charge in [0, 0.05) is 35.9 Å². The molecule has 1 fully saturated rings. The van der Waals surface area contributed by atoms with Gasteiger partial charge in [-0.1, -0.05) is 12.1 Å². The summed E-state index contributed by atoms with van der Waals surface area (Å²) >= 11 is 1.30. The molecule has 4 nitrogen and oxygen atoms in total.